The molecular weight excluding hydrogens is 273 g/mol. The van der Waals surface area contributed by atoms with Crippen LogP contribution in [0.4, 0.5) is 0 Å². The van der Waals surface area contributed by atoms with E-state index in [1.165, 1.54) is 0 Å². The highest BCUT2D eigenvalue weighted by molar-refractivity contribution is 6.35. The summed E-state index contributed by atoms with van der Waals surface area (Å²) in [5, 5.41) is 3.35. The third kappa shape index (κ3) is 1.08. The Morgan fingerprint density at radius 3 is 2.11 bits per heavy atom. The molecule has 18 heavy (non-hydrogen) atoms. The predicted octanol–water partition coefficient (Wildman–Crippen LogP) is 2.54. The van der Waals surface area contributed by atoms with Gasteiger partial charge in [-0.05, 0) is 36.6 Å². The lowest BCUT2D eigenvalue weighted by Gasteiger charge is -2.13. The van der Waals surface area contributed by atoms with E-state index in [0.717, 1.165) is 5.56 Å². The van der Waals surface area contributed by atoms with Gasteiger partial charge in [0.15, 0.2) is 0 Å². The van der Waals surface area contributed by atoms with Gasteiger partial charge in [-0.3, -0.25) is 14.9 Å². The van der Waals surface area contributed by atoms with Crippen LogP contribution >= 0.6 is 23.2 Å². The van der Waals surface area contributed by atoms with E-state index >= 15 is 0 Å². The minimum atomic E-state index is -0.807. The summed E-state index contributed by atoms with van der Waals surface area (Å²) >= 11 is 12.0. The maximum absolute atomic E-state index is 12.2. The molecule has 1 aliphatic heterocycles. The van der Waals surface area contributed by atoms with Crippen LogP contribution in [-0.2, 0) is 15.0 Å². The second kappa shape index (κ2) is 3.28. The molecular formula is C13H11Cl2NO2. The van der Waals surface area contributed by atoms with Gasteiger partial charge in [-0.2, -0.15) is 0 Å². The SMILES string of the molecule is CC1C2(C)C(=O)NC(=O)C12c1cc(Cl)cc(Cl)c1. The average Bonchev–Trinajstić information content (AvgIpc) is 2.68. The molecule has 1 saturated heterocycles. The molecule has 3 unspecified atom stereocenters. The number of carbonyl (C=O) groups excluding carboxylic acids is 2. The van der Waals surface area contributed by atoms with Crippen molar-refractivity contribution in [2.75, 3.05) is 0 Å². The number of imide groups is 1. The molecule has 94 valence electrons. The Morgan fingerprint density at radius 1 is 1.11 bits per heavy atom. The minimum absolute atomic E-state index is 0.0409. The smallest absolute Gasteiger partial charge is 0.238 e. The number of hydrogen-bond acceptors (Lipinski definition) is 2. The molecule has 0 spiro atoms. The van der Waals surface area contributed by atoms with Gasteiger partial charge in [-0.15, -0.1) is 0 Å². The van der Waals surface area contributed by atoms with Crippen molar-refractivity contribution in [3.8, 4) is 0 Å². The first-order chi connectivity index (χ1) is 8.35. The molecule has 1 aromatic rings. The molecule has 5 heteroatoms. The van der Waals surface area contributed by atoms with Crippen molar-refractivity contribution < 1.29 is 9.59 Å². The standard InChI is InChI=1S/C13H11Cl2NO2/c1-6-12(2)10(17)16-11(18)13(6,12)7-3-8(14)5-9(15)4-7/h3-6H,1-2H3,(H,16,17,18). The first kappa shape index (κ1) is 12.0. The van der Waals surface area contributed by atoms with Gasteiger partial charge in [0, 0.05) is 10.0 Å². The van der Waals surface area contributed by atoms with Gasteiger partial charge in [0.1, 0.15) is 0 Å². The van der Waals surface area contributed by atoms with E-state index < -0.39 is 10.8 Å². The van der Waals surface area contributed by atoms with Crippen molar-refractivity contribution in [3.63, 3.8) is 0 Å². The Balaban J connectivity index is 2.23. The highest BCUT2D eigenvalue weighted by Crippen LogP contribution is 2.72. The molecule has 2 fully saturated rings. The number of nitrogens with one attached hydrogen (secondary N) is 1. The summed E-state index contributed by atoms with van der Waals surface area (Å²) in [4.78, 5) is 24.1. The summed E-state index contributed by atoms with van der Waals surface area (Å²) in [6, 6.07) is 5.04. The zero-order chi connectivity index (χ0) is 13.3. The third-order valence-corrected chi connectivity index (χ3v) is 5.06. The Hall–Kier alpha value is -1.06. The minimum Gasteiger partial charge on any atom is -0.295 e. The number of rotatable bonds is 1. The summed E-state index contributed by atoms with van der Waals surface area (Å²) in [6.45, 7) is 3.72. The van der Waals surface area contributed by atoms with Crippen molar-refractivity contribution in [2.24, 2.45) is 11.3 Å². The highest BCUT2D eigenvalue weighted by atomic mass is 35.5. The first-order valence-electron chi connectivity index (χ1n) is 5.67. The van der Waals surface area contributed by atoms with Gasteiger partial charge in [-0.1, -0.05) is 30.1 Å². The molecule has 1 N–H and O–H groups in total. The van der Waals surface area contributed by atoms with E-state index in [1.807, 2.05) is 13.8 Å². The van der Waals surface area contributed by atoms with Gasteiger partial charge in [-0.25, -0.2) is 0 Å². The summed E-state index contributed by atoms with van der Waals surface area (Å²) < 4.78 is 0. The zero-order valence-electron chi connectivity index (χ0n) is 9.88. The Kier molecular flexibility index (Phi) is 2.19. The lowest BCUT2D eigenvalue weighted by molar-refractivity contribution is -0.129. The van der Waals surface area contributed by atoms with Gasteiger partial charge in [0.05, 0.1) is 10.8 Å². The van der Waals surface area contributed by atoms with Crippen LogP contribution in [0, 0.1) is 11.3 Å². The van der Waals surface area contributed by atoms with Crippen LogP contribution in [0.25, 0.3) is 0 Å². The van der Waals surface area contributed by atoms with Gasteiger partial charge in [0.2, 0.25) is 11.8 Å². The normalized spacial score (nSPS) is 37.4. The summed E-state index contributed by atoms with van der Waals surface area (Å²) in [6.07, 6.45) is 0. The molecule has 0 radical (unpaired) electrons. The van der Waals surface area contributed by atoms with Crippen molar-refractivity contribution in [1.29, 1.82) is 0 Å². The number of halogens is 2. The summed E-state index contributed by atoms with van der Waals surface area (Å²) in [5.74, 6) is -0.502. The number of benzene rings is 1. The second-order valence-electron chi connectivity index (χ2n) is 5.17. The fraction of sp³-hybridized carbons (Fsp3) is 0.385. The lowest BCUT2D eigenvalue weighted by atomic mass is 9.88. The second-order valence-corrected chi connectivity index (χ2v) is 6.05. The number of piperidine rings is 1. The van der Waals surface area contributed by atoms with Gasteiger partial charge >= 0.3 is 0 Å². The topological polar surface area (TPSA) is 46.2 Å². The number of hydrogen-bond donors (Lipinski definition) is 1. The van der Waals surface area contributed by atoms with Crippen LogP contribution in [0.5, 0.6) is 0 Å². The third-order valence-electron chi connectivity index (χ3n) is 4.63. The monoisotopic (exact) mass is 283 g/mol. The molecule has 0 aromatic heterocycles. The molecule has 3 nitrogen and oxygen atoms in total. The summed E-state index contributed by atoms with van der Waals surface area (Å²) in [5.41, 5.74) is -0.769. The molecule has 1 aromatic carbocycles. The average molecular weight is 284 g/mol. The molecule has 3 atom stereocenters. The lowest BCUT2D eigenvalue weighted by Crippen LogP contribution is -2.33. The Morgan fingerprint density at radius 2 is 1.67 bits per heavy atom. The molecule has 2 aliphatic rings. The fourth-order valence-electron chi connectivity index (χ4n) is 3.44. The van der Waals surface area contributed by atoms with Crippen LogP contribution in [0.15, 0.2) is 18.2 Å². The largest absolute Gasteiger partial charge is 0.295 e. The van der Waals surface area contributed by atoms with Crippen LogP contribution in [-0.4, -0.2) is 11.8 Å². The first-order valence-corrected chi connectivity index (χ1v) is 6.43. The molecule has 0 bridgehead atoms. The van der Waals surface area contributed by atoms with Crippen molar-refractivity contribution in [3.05, 3.63) is 33.8 Å². The van der Waals surface area contributed by atoms with Crippen LogP contribution < -0.4 is 5.32 Å². The van der Waals surface area contributed by atoms with E-state index in [-0.39, 0.29) is 17.7 Å². The number of fused-ring (bicyclic) bond motifs is 1. The Bertz CT molecular complexity index is 580. The number of amides is 2. The van der Waals surface area contributed by atoms with Crippen LogP contribution in [0.2, 0.25) is 10.0 Å². The van der Waals surface area contributed by atoms with E-state index in [9.17, 15) is 9.59 Å². The van der Waals surface area contributed by atoms with Crippen molar-refractivity contribution in [1.82, 2.24) is 5.32 Å². The highest BCUT2D eigenvalue weighted by Gasteiger charge is 2.84. The van der Waals surface area contributed by atoms with Crippen LogP contribution in [0.1, 0.15) is 19.4 Å². The van der Waals surface area contributed by atoms with E-state index in [1.54, 1.807) is 18.2 Å². The quantitative estimate of drug-likeness (QED) is 0.805. The molecule has 1 aliphatic carbocycles. The number of carbonyl (C=O) groups is 2. The zero-order valence-corrected chi connectivity index (χ0v) is 11.4. The van der Waals surface area contributed by atoms with Crippen LogP contribution in [0.3, 0.4) is 0 Å². The molecule has 1 saturated carbocycles. The predicted molar refractivity (Wildman–Crippen MR) is 68.6 cm³/mol. The molecule has 2 amide bonds. The van der Waals surface area contributed by atoms with E-state index in [2.05, 4.69) is 5.32 Å². The van der Waals surface area contributed by atoms with Crippen molar-refractivity contribution >= 4 is 35.0 Å². The Labute approximate surface area is 114 Å². The summed E-state index contributed by atoms with van der Waals surface area (Å²) in [7, 11) is 0. The molecule has 3 rings (SSSR count). The van der Waals surface area contributed by atoms with Gasteiger partial charge < -0.3 is 0 Å². The van der Waals surface area contributed by atoms with E-state index in [4.69, 9.17) is 23.2 Å². The maximum Gasteiger partial charge on any atom is 0.238 e. The van der Waals surface area contributed by atoms with E-state index in [0.29, 0.717) is 10.0 Å². The van der Waals surface area contributed by atoms with Gasteiger partial charge in [0.25, 0.3) is 0 Å². The van der Waals surface area contributed by atoms with Crippen molar-refractivity contribution in [2.45, 2.75) is 19.3 Å². The molecule has 1 heterocycles. The fourth-order valence-corrected chi connectivity index (χ4v) is 3.97. The maximum atomic E-state index is 12.2.